The zero-order valence-electron chi connectivity index (χ0n) is 6.73. The van der Waals surface area contributed by atoms with E-state index in [0.717, 1.165) is 0 Å². The summed E-state index contributed by atoms with van der Waals surface area (Å²) in [7, 11) is 0. The van der Waals surface area contributed by atoms with E-state index in [4.69, 9.17) is 10.2 Å². The standard InChI is InChI=1S/2C2H5O.Zr.2H/c2*1-2-3;;;/h2*2H2,1H3;;;/q2*-1;+4;2*-1. The zero-order valence-corrected chi connectivity index (χ0v) is 7.19. The molecule has 44 valence electrons. The van der Waals surface area contributed by atoms with Gasteiger partial charge in [0.25, 0.3) is 0 Å². The van der Waals surface area contributed by atoms with Crippen LogP contribution >= 0.6 is 0 Å². The van der Waals surface area contributed by atoms with Gasteiger partial charge in [0.15, 0.2) is 0 Å². The van der Waals surface area contributed by atoms with Crippen molar-refractivity contribution in [3.63, 3.8) is 0 Å². The minimum absolute atomic E-state index is 0. The van der Waals surface area contributed by atoms with Gasteiger partial charge in [-0.15, -0.1) is 13.2 Å². The van der Waals surface area contributed by atoms with Crippen LogP contribution in [0, 0.1) is 0 Å². The van der Waals surface area contributed by atoms with Crippen LogP contribution in [0.5, 0.6) is 0 Å². The summed E-state index contributed by atoms with van der Waals surface area (Å²) in [5.41, 5.74) is 0. The Hall–Kier alpha value is 0.803. The van der Waals surface area contributed by atoms with Crippen molar-refractivity contribution in [2.24, 2.45) is 0 Å². The maximum atomic E-state index is 8.93. The molecule has 0 radical (unpaired) electrons. The SMILES string of the molecule is CC[O-].CC[O-].[H-].[H-].[Zr+4]. The Bertz CT molecular complexity index is 18.5. The maximum Gasteiger partial charge on any atom is 4.00 e. The third-order valence-corrected chi connectivity index (χ3v) is 0. The Morgan fingerprint density at radius 2 is 1.14 bits per heavy atom. The van der Waals surface area contributed by atoms with Gasteiger partial charge in [-0.2, -0.15) is 0 Å². The molecule has 0 unspecified atom stereocenters. The third kappa shape index (κ3) is 243. The summed E-state index contributed by atoms with van der Waals surface area (Å²) in [5, 5.41) is 17.9. The first-order chi connectivity index (χ1) is 2.83. The van der Waals surface area contributed by atoms with E-state index in [1.54, 1.807) is 13.8 Å². The van der Waals surface area contributed by atoms with Gasteiger partial charge in [0.05, 0.1) is 0 Å². The topological polar surface area (TPSA) is 46.1 Å². The maximum absolute atomic E-state index is 8.93. The smallest absolute Gasteiger partial charge is 1.00 e. The van der Waals surface area contributed by atoms with E-state index >= 15 is 0 Å². The summed E-state index contributed by atoms with van der Waals surface area (Å²) >= 11 is 0. The minimum atomic E-state index is 0. The molecule has 0 spiro atoms. The molecular formula is C4H12O2Zr. The Morgan fingerprint density at radius 3 is 1.14 bits per heavy atom. The third-order valence-electron chi connectivity index (χ3n) is 0. The molecule has 2 nitrogen and oxygen atoms in total. The van der Waals surface area contributed by atoms with Crippen molar-refractivity contribution in [1.29, 1.82) is 0 Å². The molecule has 7 heavy (non-hydrogen) atoms. The molecule has 0 aromatic heterocycles. The molecule has 0 saturated carbocycles. The molecule has 0 atom stereocenters. The summed E-state index contributed by atoms with van der Waals surface area (Å²) in [6, 6.07) is 0. The molecule has 3 heteroatoms. The van der Waals surface area contributed by atoms with Crippen LogP contribution in [0.25, 0.3) is 0 Å². The van der Waals surface area contributed by atoms with Crippen LogP contribution in [0.4, 0.5) is 0 Å². The van der Waals surface area contributed by atoms with Crippen molar-refractivity contribution in [1.82, 2.24) is 0 Å². The first kappa shape index (κ1) is 15.7. The molecule has 0 amide bonds. The van der Waals surface area contributed by atoms with Gasteiger partial charge in [0, 0.05) is 0 Å². The van der Waals surface area contributed by atoms with Crippen molar-refractivity contribution in [2.45, 2.75) is 13.8 Å². The minimum Gasteiger partial charge on any atom is -1.00 e. The molecule has 0 heterocycles. The molecule has 0 N–H and O–H groups in total. The van der Waals surface area contributed by atoms with Gasteiger partial charge in [0.2, 0.25) is 0 Å². The average Bonchev–Trinajstić information content (AvgIpc) is 1.39. The predicted molar refractivity (Wildman–Crippen MR) is 23.3 cm³/mol. The molecule has 0 rings (SSSR count). The average molecular weight is 183 g/mol. The number of rotatable bonds is 0. The van der Waals surface area contributed by atoms with E-state index in [9.17, 15) is 0 Å². The largest absolute Gasteiger partial charge is 4.00 e. The molecule has 0 fully saturated rings. The van der Waals surface area contributed by atoms with E-state index in [1.165, 1.54) is 0 Å². The van der Waals surface area contributed by atoms with Crippen LogP contribution in [-0.4, -0.2) is 13.2 Å². The van der Waals surface area contributed by atoms with Gasteiger partial charge < -0.3 is 13.1 Å². The van der Waals surface area contributed by atoms with Gasteiger partial charge in [-0.25, -0.2) is 0 Å². The van der Waals surface area contributed by atoms with E-state index in [0.29, 0.717) is 0 Å². The second-order valence-electron chi connectivity index (χ2n) is 0.577. The Morgan fingerprint density at radius 1 is 1.14 bits per heavy atom. The van der Waals surface area contributed by atoms with Crippen LogP contribution in [0.3, 0.4) is 0 Å². The van der Waals surface area contributed by atoms with Crippen LogP contribution in [0.2, 0.25) is 0 Å². The van der Waals surface area contributed by atoms with E-state index in [-0.39, 0.29) is 42.3 Å². The Kier molecular flexibility index (Phi) is 65.2. The molecular weight excluding hydrogens is 171 g/mol. The molecule has 0 bridgehead atoms. The summed E-state index contributed by atoms with van der Waals surface area (Å²) in [4.78, 5) is 0. The molecule has 0 aromatic carbocycles. The van der Waals surface area contributed by atoms with E-state index in [2.05, 4.69) is 0 Å². The van der Waals surface area contributed by atoms with Crippen molar-refractivity contribution < 1.29 is 39.3 Å². The van der Waals surface area contributed by atoms with Crippen molar-refractivity contribution in [2.75, 3.05) is 13.2 Å². The zero-order chi connectivity index (χ0) is 5.41. The summed E-state index contributed by atoms with van der Waals surface area (Å²) < 4.78 is 0. The fourth-order valence-corrected chi connectivity index (χ4v) is 0. The van der Waals surface area contributed by atoms with Crippen LogP contribution < -0.4 is 10.2 Å². The second kappa shape index (κ2) is 29.2. The monoisotopic (exact) mass is 182 g/mol. The van der Waals surface area contributed by atoms with Crippen molar-refractivity contribution in [3.8, 4) is 0 Å². The molecule has 0 aromatic rings. The molecule has 0 aliphatic rings. The van der Waals surface area contributed by atoms with Crippen molar-refractivity contribution >= 4 is 0 Å². The molecule has 0 aliphatic carbocycles. The van der Waals surface area contributed by atoms with Gasteiger partial charge >= 0.3 is 26.2 Å². The second-order valence-corrected chi connectivity index (χ2v) is 0.577. The normalized spacial score (nSPS) is 5.14. The summed E-state index contributed by atoms with van der Waals surface area (Å²) in [6.45, 7) is 3.14. The Balaban J connectivity index is -0.00000000889. The number of hydrogen-bond acceptors (Lipinski definition) is 2. The predicted octanol–water partition coefficient (Wildman–Crippen LogP) is -1.04. The first-order valence-corrected chi connectivity index (χ1v) is 1.99. The summed E-state index contributed by atoms with van der Waals surface area (Å²) in [6.07, 6.45) is 0. The molecule has 0 aliphatic heterocycles. The van der Waals surface area contributed by atoms with E-state index in [1.807, 2.05) is 0 Å². The van der Waals surface area contributed by atoms with Gasteiger partial charge in [0.1, 0.15) is 0 Å². The Labute approximate surface area is 66.6 Å². The summed E-state index contributed by atoms with van der Waals surface area (Å²) in [5.74, 6) is 0. The van der Waals surface area contributed by atoms with E-state index < -0.39 is 0 Å². The van der Waals surface area contributed by atoms with Crippen molar-refractivity contribution in [3.05, 3.63) is 0 Å². The van der Waals surface area contributed by atoms with Crippen LogP contribution in [0.1, 0.15) is 16.7 Å². The fourth-order valence-electron chi connectivity index (χ4n) is 0. The molecule has 0 saturated heterocycles. The van der Waals surface area contributed by atoms with Gasteiger partial charge in [-0.3, -0.25) is 0 Å². The van der Waals surface area contributed by atoms with Gasteiger partial charge in [-0.05, 0) is 0 Å². The van der Waals surface area contributed by atoms with Crippen LogP contribution in [0.15, 0.2) is 0 Å². The fraction of sp³-hybridized carbons (Fsp3) is 1.00. The van der Waals surface area contributed by atoms with Crippen LogP contribution in [-0.2, 0) is 26.2 Å². The number of hydrogen-bond donors (Lipinski definition) is 0. The first-order valence-electron chi connectivity index (χ1n) is 1.99. The quantitative estimate of drug-likeness (QED) is 0.481. The van der Waals surface area contributed by atoms with Gasteiger partial charge in [-0.1, -0.05) is 13.8 Å².